The zero-order chi connectivity index (χ0) is 26.2. The summed E-state index contributed by atoms with van der Waals surface area (Å²) in [6.07, 6.45) is 1.15. The number of pyridine rings is 1. The highest BCUT2D eigenvalue weighted by Gasteiger charge is 2.71. The van der Waals surface area contributed by atoms with Crippen molar-refractivity contribution in [2.75, 3.05) is 13.1 Å². The Labute approximate surface area is 227 Å². The Hall–Kier alpha value is -2.03. The molecule has 6 rings (SSSR count). The second-order valence-corrected chi connectivity index (χ2v) is 13.4. The maximum atomic E-state index is 13.0. The first-order valence-corrected chi connectivity index (χ1v) is 14.4. The van der Waals surface area contributed by atoms with Crippen LogP contribution >= 0.6 is 22.9 Å². The lowest BCUT2D eigenvalue weighted by Gasteiger charge is -2.38. The average molecular weight is 539 g/mol. The summed E-state index contributed by atoms with van der Waals surface area (Å²) in [6.45, 7) is 14.1. The predicted octanol–water partition coefficient (Wildman–Crippen LogP) is 5.04. The van der Waals surface area contributed by atoms with Crippen LogP contribution in [0.15, 0.2) is 30.5 Å². The molecule has 3 aromatic rings. The summed E-state index contributed by atoms with van der Waals surface area (Å²) in [5, 5.41) is 15.1. The van der Waals surface area contributed by atoms with E-state index >= 15 is 0 Å². The number of piperazine rings is 1. The number of likely N-dealkylation sites (tertiary alicyclic amines) is 1. The quantitative estimate of drug-likeness (QED) is 0.476. The summed E-state index contributed by atoms with van der Waals surface area (Å²) in [5.74, 6) is 0.0491. The third-order valence-corrected chi connectivity index (χ3v) is 10.2. The van der Waals surface area contributed by atoms with Gasteiger partial charge in [0.15, 0.2) is 0 Å². The van der Waals surface area contributed by atoms with Gasteiger partial charge in [-0.3, -0.25) is 14.7 Å². The van der Waals surface area contributed by atoms with Crippen LogP contribution in [-0.2, 0) is 17.9 Å². The number of carbonyl (C=O) groups excluding carboxylic acids is 1. The minimum Gasteiger partial charge on any atom is -0.373 e. The molecule has 1 aromatic carbocycles. The van der Waals surface area contributed by atoms with Crippen molar-refractivity contribution >= 4 is 39.1 Å². The third kappa shape index (κ3) is 4.20. The zero-order valence-electron chi connectivity index (χ0n) is 22.1. The molecule has 196 valence electrons. The van der Waals surface area contributed by atoms with Gasteiger partial charge in [-0.1, -0.05) is 25.4 Å². The fourth-order valence-corrected chi connectivity index (χ4v) is 7.98. The van der Waals surface area contributed by atoms with Crippen LogP contribution in [0.5, 0.6) is 0 Å². The van der Waals surface area contributed by atoms with E-state index in [2.05, 4.69) is 74.1 Å². The predicted molar refractivity (Wildman–Crippen MR) is 149 cm³/mol. The molecule has 3 aliphatic rings. The summed E-state index contributed by atoms with van der Waals surface area (Å²) in [4.78, 5) is 22.9. The number of amides is 1. The molecule has 3 unspecified atom stereocenters. The molecule has 2 N–H and O–H groups in total. The number of carbonyl (C=O) groups is 1. The van der Waals surface area contributed by atoms with E-state index in [4.69, 9.17) is 11.6 Å². The highest BCUT2D eigenvalue weighted by Crippen LogP contribution is 2.65. The molecule has 3 fully saturated rings. The van der Waals surface area contributed by atoms with E-state index in [1.54, 1.807) is 16.2 Å². The molecule has 0 radical (unpaired) electrons. The fraction of sp³-hybridized carbons (Fsp3) is 0.517. The minimum absolute atomic E-state index is 0.0372. The van der Waals surface area contributed by atoms with Crippen LogP contribution in [0.25, 0.3) is 21.3 Å². The number of aromatic nitrogens is 1. The Morgan fingerprint density at radius 3 is 2.73 bits per heavy atom. The number of aliphatic hydroxyl groups excluding tert-OH is 1. The van der Waals surface area contributed by atoms with Crippen LogP contribution in [0.4, 0.5) is 0 Å². The monoisotopic (exact) mass is 538 g/mol. The van der Waals surface area contributed by atoms with Gasteiger partial charge in [0.05, 0.1) is 22.7 Å². The van der Waals surface area contributed by atoms with Gasteiger partial charge in [-0.15, -0.1) is 11.3 Å². The first-order chi connectivity index (χ1) is 17.6. The summed E-state index contributed by atoms with van der Waals surface area (Å²) in [7, 11) is 0. The van der Waals surface area contributed by atoms with Crippen molar-refractivity contribution < 1.29 is 9.90 Å². The standard InChI is InChI=1S/C29H35ClN4O2S/c1-15-8-18(30)9-21(22(15)14-33-12-16(2)32-11-17(33)3)20-6-7-31-23-10-19(37-26(20)23)13-34-27(35)24-25(28(34)36)29(24,4)5/h6-10,16-17,24-25,27,32,35H,11-14H2,1-5H3/t16-,17+,24?,25?,27?/m1/s1. The maximum Gasteiger partial charge on any atom is 0.229 e. The molecule has 8 heteroatoms. The van der Waals surface area contributed by atoms with E-state index in [1.165, 1.54) is 11.1 Å². The molecule has 6 nitrogen and oxygen atoms in total. The van der Waals surface area contributed by atoms with Crippen LogP contribution in [0.1, 0.15) is 43.7 Å². The van der Waals surface area contributed by atoms with E-state index in [0.29, 0.717) is 18.6 Å². The van der Waals surface area contributed by atoms with Gasteiger partial charge in [-0.25, -0.2) is 0 Å². The van der Waals surface area contributed by atoms with Gasteiger partial charge in [-0.05, 0) is 67.1 Å². The Balaban J connectivity index is 1.35. The summed E-state index contributed by atoms with van der Waals surface area (Å²) >= 11 is 8.26. The number of hydrogen-bond acceptors (Lipinski definition) is 6. The Morgan fingerprint density at radius 2 is 2.00 bits per heavy atom. The normalized spacial score (nSPS) is 29.2. The number of benzene rings is 1. The lowest BCUT2D eigenvalue weighted by Crippen LogP contribution is -2.53. The molecule has 1 saturated carbocycles. The third-order valence-electron chi connectivity index (χ3n) is 8.87. The minimum atomic E-state index is -0.712. The molecule has 2 saturated heterocycles. The smallest absolute Gasteiger partial charge is 0.229 e. The van der Waals surface area contributed by atoms with E-state index in [1.807, 2.05) is 6.20 Å². The Kier molecular flexibility index (Phi) is 6.16. The van der Waals surface area contributed by atoms with E-state index in [-0.39, 0.29) is 23.2 Å². The van der Waals surface area contributed by atoms with Crippen LogP contribution in [0, 0.1) is 24.2 Å². The number of fused-ring (bicyclic) bond motifs is 2. The molecule has 0 bridgehead atoms. The number of aryl methyl sites for hydroxylation is 1. The second kappa shape index (κ2) is 9.02. The van der Waals surface area contributed by atoms with Gasteiger partial charge in [0.1, 0.15) is 6.23 Å². The molecule has 2 aromatic heterocycles. The molecule has 0 spiro atoms. The van der Waals surface area contributed by atoms with Crippen molar-refractivity contribution in [3.63, 3.8) is 0 Å². The molecule has 1 aliphatic carbocycles. The van der Waals surface area contributed by atoms with Crippen LogP contribution in [0.2, 0.25) is 5.02 Å². The molecule has 37 heavy (non-hydrogen) atoms. The summed E-state index contributed by atoms with van der Waals surface area (Å²) in [6, 6.07) is 9.19. The largest absolute Gasteiger partial charge is 0.373 e. The highest BCUT2D eigenvalue weighted by molar-refractivity contribution is 7.19. The van der Waals surface area contributed by atoms with Crippen molar-refractivity contribution in [1.29, 1.82) is 0 Å². The number of piperidine rings is 1. The first kappa shape index (κ1) is 25.3. The van der Waals surface area contributed by atoms with Gasteiger partial charge in [0, 0.05) is 59.3 Å². The Morgan fingerprint density at radius 1 is 1.22 bits per heavy atom. The number of nitrogens with one attached hydrogen (secondary N) is 1. The maximum absolute atomic E-state index is 13.0. The van der Waals surface area contributed by atoms with Gasteiger partial charge >= 0.3 is 0 Å². The van der Waals surface area contributed by atoms with Gasteiger partial charge < -0.3 is 15.3 Å². The number of aliphatic hydroxyl groups is 1. The number of hydrogen-bond donors (Lipinski definition) is 2. The number of rotatable bonds is 5. The van der Waals surface area contributed by atoms with Gasteiger partial charge in [-0.2, -0.15) is 0 Å². The zero-order valence-corrected chi connectivity index (χ0v) is 23.7. The number of nitrogens with zero attached hydrogens (tertiary/aromatic N) is 3. The van der Waals surface area contributed by atoms with Crippen LogP contribution < -0.4 is 5.32 Å². The van der Waals surface area contributed by atoms with Gasteiger partial charge in [0.2, 0.25) is 5.91 Å². The van der Waals surface area contributed by atoms with E-state index < -0.39 is 6.23 Å². The molecule has 4 heterocycles. The molecule has 1 amide bonds. The topological polar surface area (TPSA) is 68.7 Å². The SMILES string of the molecule is Cc1cc(Cl)cc(-c2ccnc3cc(CN4C(=O)C5C(C4O)C5(C)C)sc23)c1CN1C[C@@H](C)NC[C@@H]1C. The highest BCUT2D eigenvalue weighted by atomic mass is 35.5. The molecule has 5 atom stereocenters. The van der Waals surface area contributed by atoms with Crippen molar-refractivity contribution in [3.8, 4) is 11.1 Å². The molecule has 2 aliphatic heterocycles. The van der Waals surface area contributed by atoms with E-state index in [9.17, 15) is 9.90 Å². The van der Waals surface area contributed by atoms with E-state index in [0.717, 1.165) is 50.9 Å². The van der Waals surface area contributed by atoms with Crippen molar-refractivity contribution in [2.45, 2.75) is 66.0 Å². The second-order valence-electron chi connectivity index (χ2n) is 11.8. The number of thiophene rings is 1. The lowest BCUT2D eigenvalue weighted by atomic mass is 9.95. The first-order valence-electron chi connectivity index (χ1n) is 13.2. The average Bonchev–Trinajstić information content (AvgIpc) is 3.09. The summed E-state index contributed by atoms with van der Waals surface area (Å²) in [5.41, 5.74) is 5.56. The van der Waals surface area contributed by atoms with Crippen LogP contribution in [0.3, 0.4) is 0 Å². The van der Waals surface area contributed by atoms with Gasteiger partial charge in [0.25, 0.3) is 0 Å². The van der Waals surface area contributed by atoms with Crippen molar-refractivity contribution in [3.05, 3.63) is 51.5 Å². The van der Waals surface area contributed by atoms with Crippen molar-refractivity contribution in [1.82, 2.24) is 20.1 Å². The number of halogens is 1. The molecular weight excluding hydrogens is 504 g/mol. The van der Waals surface area contributed by atoms with Crippen molar-refractivity contribution in [2.24, 2.45) is 17.3 Å². The lowest BCUT2D eigenvalue weighted by molar-refractivity contribution is -0.140. The van der Waals surface area contributed by atoms with Crippen LogP contribution in [-0.4, -0.2) is 57.2 Å². The Bertz CT molecular complexity index is 1390. The molecular formula is C29H35ClN4O2S. The summed E-state index contributed by atoms with van der Waals surface area (Å²) < 4.78 is 1.09. The fourth-order valence-electron chi connectivity index (χ4n) is 6.57.